The van der Waals surface area contributed by atoms with Crippen LogP contribution in [0, 0.1) is 0 Å². The quantitative estimate of drug-likeness (QED) is 0.718. The molecule has 0 aliphatic rings. The summed E-state index contributed by atoms with van der Waals surface area (Å²) in [7, 11) is -3.50. The van der Waals surface area contributed by atoms with Crippen LogP contribution in [0.2, 0.25) is 0 Å². The van der Waals surface area contributed by atoms with Gasteiger partial charge in [0.25, 0.3) is 0 Å². The van der Waals surface area contributed by atoms with Crippen molar-refractivity contribution in [3.05, 3.63) is 35.9 Å². The highest BCUT2D eigenvalue weighted by Gasteiger charge is 2.12. The Balaban J connectivity index is 2.76. The van der Waals surface area contributed by atoms with Crippen LogP contribution in [-0.4, -0.2) is 14.2 Å². The molecule has 0 saturated carbocycles. The Morgan fingerprint density at radius 2 is 1.77 bits per heavy atom. The Kier molecular flexibility index (Phi) is 3.02. The van der Waals surface area contributed by atoms with Crippen molar-refractivity contribution in [3.63, 3.8) is 0 Å². The molecule has 1 aromatic rings. The van der Waals surface area contributed by atoms with E-state index in [1.54, 1.807) is 24.3 Å². The largest absolute Gasteiger partial charge is 0.323 e. The van der Waals surface area contributed by atoms with Gasteiger partial charge >= 0.3 is 0 Å². The van der Waals surface area contributed by atoms with Crippen LogP contribution in [0.15, 0.2) is 30.3 Å². The zero-order chi connectivity index (χ0) is 9.90. The minimum Gasteiger partial charge on any atom is -0.323 e. The molecular formula is C8H12N2O2S. The Morgan fingerprint density at radius 1 is 1.23 bits per heavy atom. The third-order valence-corrected chi connectivity index (χ3v) is 2.46. The van der Waals surface area contributed by atoms with Crippen molar-refractivity contribution in [1.82, 2.24) is 0 Å². The summed E-state index contributed by atoms with van der Waals surface area (Å²) in [6.45, 7) is 0. The summed E-state index contributed by atoms with van der Waals surface area (Å²) in [4.78, 5) is 0. The predicted octanol–water partition coefficient (Wildman–Crippen LogP) is -0.0251. The molecule has 0 fully saturated rings. The summed E-state index contributed by atoms with van der Waals surface area (Å²) < 4.78 is 21.4. The van der Waals surface area contributed by atoms with E-state index in [0.717, 1.165) is 5.56 Å². The average Bonchev–Trinajstić information content (AvgIpc) is 2.03. The van der Waals surface area contributed by atoms with Gasteiger partial charge in [0.05, 0.1) is 5.75 Å². The second-order valence-corrected chi connectivity index (χ2v) is 4.51. The number of benzene rings is 1. The van der Waals surface area contributed by atoms with Crippen molar-refractivity contribution in [2.45, 2.75) is 6.04 Å². The monoisotopic (exact) mass is 200 g/mol. The van der Waals surface area contributed by atoms with E-state index >= 15 is 0 Å². The second-order valence-electron chi connectivity index (χ2n) is 2.85. The van der Waals surface area contributed by atoms with Gasteiger partial charge < -0.3 is 5.73 Å². The van der Waals surface area contributed by atoms with Crippen LogP contribution in [0.1, 0.15) is 11.6 Å². The van der Waals surface area contributed by atoms with Crippen LogP contribution in [0.4, 0.5) is 0 Å². The molecule has 0 aromatic heterocycles. The van der Waals surface area contributed by atoms with Gasteiger partial charge in [-0.05, 0) is 5.56 Å². The Morgan fingerprint density at radius 3 is 2.23 bits per heavy atom. The van der Waals surface area contributed by atoms with Crippen molar-refractivity contribution >= 4 is 10.0 Å². The standard InChI is InChI=1S/C8H12N2O2S/c9-8(6-13(10,11)12)7-4-2-1-3-5-7/h1-5,8H,6,9H2,(H2,10,11,12)/t8-/m0/s1. The van der Waals surface area contributed by atoms with Crippen molar-refractivity contribution in [2.24, 2.45) is 10.9 Å². The lowest BCUT2D eigenvalue weighted by atomic mass is 10.1. The van der Waals surface area contributed by atoms with Gasteiger partial charge in [0.15, 0.2) is 0 Å². The van der Waals surface area contributed by atoms with Crippen LogP contribution >= 0.6 is 0 Å². The van der Waals surface area contributed by atoms with E-state index < -0.39 is 16.1 Å². The summed E-state index contributed by atoms with van der Waals surface area (Å²) in [6.07, 6.45) is 0. The molecule has 0 spiro atoms. The van der Waals surface area contributed by atoms with Gasteiger partial charge in [-0.1, -0.05) is 30.3 Å². The number of primary sulfonamides is 1. The van der Waals surface area contributed by atoms with Gasteiger partial charge in [-0.3, -0.25) is 0 Å². The number of hydrogen-bond donors (Lipinski definition) is 2. The molecule has 72 valence electrons. The third-order valence-electron chi connectivity index (χ3n) is 1.64. The highest BCUT2D eigenvalue weighted by atomic mass is 32.2. The maximum absolute atomic E-state index is 10.7. The van der Waals surface area contributed by atoms with Gasteiger partial charge in [-0.15, -0.1) is 0 Å². The van der Waals surface area contributed by atoms with Crippen molar-refractivity contribution < 1.29 is 8.42 Å². The minimum absolute atomic E-state index is 0.225. The van der Waals surface area contributed by atoms with Crippen molar-refractivity contribution in [2.75, 3.05) is 5.75 Å². The number of sulfonamides is 1. The minimum atomic E-state index is -3.50. The molecule has 13 heavy (non-hydrogen) atoms. The first-order valence-corrected chi connectivity index (χ1v) is 5.51. The number of hydrogen-bond acceptors (Lipinski definition) is 3. The van der Waals surface area contributed by atoms with Crippen molar-refractivity contribution in [1.29, 1.82) is 0 Å². The van der Waals surface area contributed by atoms with E-state index in [1.165, 1.54) is 0 Å². The molecule has 0 bridgehead atoms. The summed E-state index contributed by atoms with van der Waals surface area (Å²) in [5.74, 6) is -0.225. The number of rotatable bonds is 3. The highest BCUT2D eigenvalue weighted by molar-refractivity contribution is 7.89. The van der Waals surface area contributed by atoms with E-state index in [9.17, 15) is 8.42 Å². The maximum Gasteiger partial charge on any atom is 0.210 e. The molecule has 0 radical (unpaired) electrons. The van der Waals surface area contributed by atoms with E-state index in [2.05, 4.69) is 0 Å². The summed E-state index contributed by atoms with van der Waals surface area (Å²) in [5, 5.41) is 4.87. The van der Waals surface area contributed by atoms with E-state index in [-0.39, 0.29) is 5.75 Å². The van der Waals surface area contributed by atoms with Crippen LogP contribution in [0.25, 0.3) is 0 Å². The molecule has 1 rings (SSSR count). The zero-order valence-corrected chi connectivity index (χ0v) is 7.87. The number of nitrogens with two attached hydrogens (primary N) is 2. The Bertz CT molecular complexity index is 361. The predicted molar refractivity (Wildman–Crippen MR) is 51.3 cm³/mol. The van der Waals surface area contributed by atoms with Gasteiger partial charge in [0, 0.05) is 6.04 Å². The lowest BCUT2D eigenvalue weighted by Gasteiger charge is -2.09. The third kappa shape index (κ3) is 3.54. The SMILES string of the molecule is N[C@@H](CS(N)(=O)=O)c1ccccc1. The molecule has 1 atom stereocenters. The molecule has 0 heterocycles. The fourth-order valence-electron chi connectivity index (χ4n) is 1.05. The molecule has 5 heteroatoms. The van der Waals surface area contributed by atoms with Gasteiger partial charge in [0.1, 0.15) is 0 Å². The van der Waals surface area contributed by atoms with Gasteiger partial charge in [-0.25, -0.2) is 13.6 Å². The Hall–Kier alpha value is -0.910. The fourth-order valence-corrected chi connectivity index (χ4v) is 1.74. The summed E-state index contributed by atoms with van der Waals surface area (Å²) >= 11 is 0. The second kappa shape index (κ2) is 3.87. The first kappa shape index (κ1) is 10.2. The lowest BCUT2D eigenvalue weighted by Crippen LogP contribution is -2.26. The van der Waals surface area contributed by atoms with Crippen LogP contribution in [0.5, 0.6) is 0 Å². The van der Waals surface area contributed by atoms with E-state index in [4.69, 9.17) is 10.9 Å². The molecular weight excluding hydrogens is 188 g/mol. The molecule has 0 unspecified atom stereocenters. The lowest BCUT2D eigenvalue weighted by molar-refractivity contribution is 0.590. The van der Waals surface area contributed by atoms with E-state index in [0.29, 0.717) is 0 Å². The molecule has 0 aliphatic carbocycles. The summed E-state index contributed by atoms with van der Waals surface area (Å²) in [6, 6.07) is 8.45. The molecule has 1 aromatic carbocycles. The van der Waals surface area contributed by atoms with Crippen LogP contribution in [0.3, 0.4) is 0 Å². The topological polar surface area (TPSA) is 86.2 Å². The highest BCUT2D eigenvalue weighted by Crippen LogP contribution is 2.10. The van der Waals surface area contributed by atoms with Crippen molar-refractivity contribution in [3.8, 4) is 0 Å². The molecule has 4 N–H and O–H groups in total. The zero-order valence-electron chi connectivity index (χ0n) is 7.05. The molecule has 0 saturated heterocycles. The molecule has 4 nitrogen and oxygen atoms in total. The van der Waals surface area contributed by atoms with Gasteiger partial charge in [-0.2, -0.15) is 0 Å². The van der Waals surface area contributed by atoms with Crippen LogP contribution in [-0.2, 0) is 10.0 Å². The maximum atomic E-state index is 10.7. The van der Waals surface area contributed by atoms with Crippen LogP contribution < -0.4 is 10.9 Å². The average molecular weight is 200 g/mol. The normalized spacial score (nSPS) is 14.0. The first-order chi connectivity index (χ1) is 5.99. The fraction of sp³-hybridized carbons (Fsp3) is 0.250. The van der Waals surface area contributed by atoms with E-state index in [1.807, 2.05) is 6.07 Å². The van der Waals surface area contributed by atoms with Gasteiger partial charge in [0.2, 0.25) is 10.0 Å². The smallest absolute Gasteiger partial charge is 0.210 e. The molecule has 0 aliphatic heterocycles. The molecule has 0 amide bonds. The Labute approximate surface area is 77.6 Å². The summed E-state index contributed by atoms with van der Waals surface area (Å²) in [5.41, 5.74) is 6.40. The first-order valence-electron chi connectivity index (χ1n) is 3.80.